The van der Waals surface area contributed by atoms with E-state index in [0.29, 0.717) is 29.6 Å². The summed E-state index contributed by atoms with van der Waals surface area (Å²) in [7, 11) is 1.44. The zero-order chi connectivity index (χ0) is 24.4. The average Bonchev–Trinajstić information content (AvgIpc) is 3.28. The lowest BCUT2D eigenvalue weighted by Crippen LogP contribution is -2.33. The van der Waals surface area contributed by atoms with Crippen LogP contribution >= 0.6 is 11.6 Å². The highest BCUT2D eigenvalue weighted by atomic mass is 35.5. The van der Waals surface area contributed by atoms with Gasteiger partial charge >= 0.3 is 5.97 Å². The standard InChI is InChI=1S/C28H28ClN3O3/c1-35-28(34)20-8-6-18(7-9-20)16-30-27(33)24-15-22(29)14-21-12-13-32(26(21)24)17-23-11-10-19-4-2-3-5-25(19)31-23/h2-5,10-15,18,20H,6-9,16-17H2,1H3,(H,30,33). The summed E-state index contributed by atoms with van der Waals surface area (Å²) in [6.45, 7) is 1.13. The van der Waals surface area contributed by atoms with E-state index in [1.165, 1.54) is 7.11 Å². The molecule has 0 unspecified atom stereocenters. The maximum Gasteiger partial charge on any atom is 0.308 e. The van der Waals surface area contributed by atoms with Crippen molar-refractivity contribution < 1.29 is 14.3 Å². The largest absolute Gasteiger partial charge is 0.469 e. The molecule has 1 fully saturated rings. The van der Waals surface area contributed by atoms with Gasteiger partial charge in [0.15, 0.2) is 0 Å². The summed E-state index contributed by atoms with van der Waals surface area (Å²) in [6, 6.07) is 17.7. The molecule has 1 amide bonds. The Labute approximate surface area is 209 Å². The molecule has 0 aliphatic heterocycles. The number of aromatic nitrogens is 2. The molecule has 0 saturated heterocycles. The van der Waals surface area contributed by atoms with E-state index in [0.717, 1.165) is 53.2 Å². The van der Waals surface area contributed by atoms with Crippen LogP contribution in [0, 0.1) is 11.8 Å². The van der Waals surface area contributed by atoms with Crippen molar-refractivity contribution in [3.05, 3.63) is 77.1 Å². The Morgan fingerprint density at radius 3 is 2.66 bits per heavy atom. The number of rotatable bonds is 6. The summed E-state index contributed by atoms with van der Waals surface area (Å²) >= 11 is 6.37. The highest BCUT2D eigenvalue weighted by Gasteiger charge is 2.27. The van der Waals surface area contributed by atoms with Gasteiger partial charge in [0.25, 0.3) is 5.91 Å². The molecule has 2 aromatic carbocycles. The molecule has 5 rings (SSSR count). The fourth-order valence-corrected chi connectivity index (χ4v) is 5.32. The van der Waals surface area contributed by atoms with Crippen molar-refractivity contribution in [1.29, 1.82) is 0 Å². The number of halogens is 1. The Bertz CT molecular complexity index is 1390. The summed E-state index contributed by atoms with van der Waals surface area (Å²) in [4.78, 5) is 29.8. The predicted octanol–water partition coefficient (Wildman–Crippen LogP) is 5.60. The van der Waals surface area contributed by atoms with Gasteiger partial charge in [-0.2, -0.15) is 0 Å². The van der Waals surface area contributed by atoms with E-state index in [-0.39, 0.29) is 17.8 Å². The number of pyridine rings is 1. The van der Waals surface area contributed by atoms with Gasteiger partial charge in [0.1, 0.15) is 0 Å². The van der Waals surface area contributed by atoms with Gasteiger partial charge in [-0.15, -0.1) is 0 Å². The van der Waals surface area contributed by atoms with Crippen molar-refractivity contribution in [1.82, 2.24) is 14.9 Å². The fourth-order valence-electron chi connectivity index (χ4n) is 5.09. The van der Waals surface area contributed by atoms with E-state index >= 15 is 0 Å². The summed E-state index contributed by atoms with van der Waals surface area (Å²) in [5, 5.41) is 5.66. The Hall–Kier alpha value is -3.38. The quantitative estimate of drug-likeness (QED) is 0.358. The second-order valence-corrected chi connectivity index (χ2v) is 9.72. The number of carbonyl (C=O) groups is 2. The third-order valence-corrected chi connectivity index (χ3v) is 7.21. The van der Waals surface area contributed by atoms with Crippen LogP contribution in [0.5, 0.6) is 0 Å². The first-order valence-electron chi connectivity index (χ1n) is 12.0. The fraction of sp³-hybridized carbons (Fsp3) is 0.321. The predicted molar refractivity (Wildman–Crippen MR) is 138 cm³/mol. The van der Waals surface area contributed by atoms with Crippen molar-refractivity contribution in [3.63, 3.8) is 0 Å². The number of fused-ring (bicyclic) bond motifs is 2. The third kappa shape index (κ3) is 5.03. The second-order valence-electron chi connectivity index (χ2n) is 9.28. The van der Waals surface area contributed by atoms with E-state index in [1.54, 1.807) is 6.07 Å². The molecule has 1 aliphatic carbocycles. The molecule has 6 nitrogen and oxygen atoms in total. The number of esters is 1. The van der Waals surface area contributed by atoms with Crippen LogP contribution in [0.15, 0.2) is 60.8 Å². The van der Waals surface area contributed by atoms with Crippen LogP contribution in [-0.4, -0.2) is 35.1 Å². The number of nitrogens with zero attached hydrogens (tertiary/aromatic N) is 2. The van der Waals surface area contributed by atoms with Gasteiger partial charge in [0.05, 0.1) is 41.9 Å². The number of para-hydroxylation sites is 1. The SMILES string of the molecule is COC(=O)C1CCC(CNC(=O)c2cc(Cl)cc3ccn(Cc4ccc5ccccc5n4)c23)CC1. The van der Waals surface area contributed by atoms with Gasteiger partial charge in [-0.25, -0.2) is 0 Å². The topological polar surface area (TPSA) is 73.2 Å². The van der Waals surface area contributed by atoms with Crippen molar-refractivity contribution in [2.45, 2.75) is 32.2 Å². The second kappa shape index (κ2) is 10.1. The molecule has 1 saturated carbocycles. The van der Waals surface area contributed by atoms with Crippen LogP contribution in [0.3, 0.4) is 0 Å². The van der Waals surface area contributed by atoms with E-state index in [1.807, 2.05) is 48.7 Å². The van der Waals surface area contributed by atoms with Crippen molar-refractivity contribution >= 4 is 45.3 Å². The molecule has 35 heavy (non-hydrogen) atoms. The van der Waals surface area contributed by atoms with Crippen molar-refractivity contribution in [2.24, 2.45) is 11.8 Å². The molecular formula is C28H28ClN3O3. The lowest BCUT2D eigenvalue weighted by atomic mass is 9.82. The molecular weight excluding hydrogens is 462 g/mol. The van der Waals surface area contributed by atoms with E-state index in [2.05, 4.69) is 16.0 Å². The molecule has 4 aromatic rings. The molecule has 180 valence electrons. The zero-order valence-corrected chi connectivity index (χ0v) is 20.4. The Kier molecular flexibility index (Phi) is 6.73. The normalized spacial score (nSPS) is 18.0. The first-order valence-corrected chi connectivity index (χ1v) is 12.4. The minimum absolute atomic E-state index is 0.0218. The van der Waals surface area contributed by atoms with Crippen LogP contribution in [-0.2, 0) is 16.1 Å². The Morgan fingerprint density at radius 2 is 1.86 bits per heavy atom. The monoisotopic (exact) mass is 489 g/mol. The smallest absolute Gasteiger partial charge is 0.308 e. The average molecular weight is 490 g/mol. The highest BCUT2D eigenvalue weighted by molar-refractivity contribution is 6.32. The molecule has 0 bridgehead atoms. The maximum atomic E-state index is 13.3. The van der Waals surface area contributed by atoms with Gasteiger partial charge in [-0.3, -0.25) is 14.6 Å². The third-order valence-electron chi connectivity index (χ3n) is 6.99. The van der Waals surface area contributed by atoms with E-state index in [9.17, 15) is 9.59 Å². The number of benzene rings is 2. The van der Waals surface area contributed by atoms with E-state index < -0.39 is 0 Å². The van der Waals surface area contributed by atoms with Crippen LogP contribution < -0.4 is 5.32 Å². The molecule has 2 aromatic heterocycles. The van der Waals surface area contributed by atoms with Crippen molar-refractivity contribution in [3.8, 4) is 0 Å². The highest BCUT2D eigenvalue weighted by Crippen LogP contribution is 2.30. The molecule has 7 heteroatoms. The van der Waals surface area contributed by atoms with Crippen LogP contribution in [0.2, 0.25) is 5.02 Å². The first-order chi connectivity index (χ1) is 17.0. The summed E-state index contributed by atoms with van der Waals surface area (Å²) in [6.07, 6.45) is 5.37. The number of amides is 1. The number of methoxy groups -OCH3 is 1. The zero-order valence-electron chi connectivity index (χ0n) is 19.7. The maximum absolute atomic E-state index is 13.3. The van der Waals surface area contributed by atoms with Gasteiger partial charge in [-0.1, -0.05) is 35.9 Å². The Balaban J connectivity index is 1.33. The van der Waals surface area contributed by atoms with Crippen LogP contribution in [0.4, 0.5) is 0 Å². The Morgan fingerprint density at radius 1 is 1.06 bits per heavy atom. The number of ether oxygens (including phenoxy) is 1. The molecule has 0 atom stereocenters. The van der Waals surface area contributed by atoms with Gasteiger partial charge in [0, 0.05) is 28.5 Å². The van der Waals surface area contributed by atoms with Gasteiger partial charge in [0.2, 0.25) is 0 Å². The minimum Gasteiger partial charge on any atom is -0.469 e. The van der Waals surface area contributed by atoms with Gasteiger partial charge < -0.3 is 14.6 Å². The molecule has 1 N–H and O–H groups in total. The number of nitrogens with one attached hydrogen (secondary N) is 1. The lowest BCUT2D eigenvalue weighted by molar-refractivity contribution is -0.146. The number of hydrogen-bond donors (Lipinski definition) is 1. The van der Waals surface area contributed by atoms with E-state index in [4.69, 9.17) is 21.3 Å². The van der Waals surface area contributed by atoms with Crippen molar-refractivity contribution in [2.75, 3.05) is 13.7 Å². The molecule has 1 aliphatic rings. The lowest BCUT2D eigenvalue weighted by Gasteiger charge is -2.27. The summed E-state index contributed by atoms with van der Waals surface area (Å²) in [5.74, 6) is 0.0594. The first kappa shape index (κ1) is 23.4. The molecule has 0 spiro atoms. The summed E-state index contributed by atoms with van der Waals surface area (Å²) in [5.41, 5.74) is 3.27. The molecule has 2 heterocycles. The molecule has 0 radical (unpaired) electrons. The number of hydrogen-bond acceptors (Lipinski definition) is 4. The van der Waals surface area contributed by atoms with Crippen LogP contribution in [0.1, 0.15) is 41.7 Å². The summed E-state index contributed by atoms with van der Waals surface area (Å²) < 4.78 is 6.93. The number of carbonyl (C=O) groups excluding carboxylic acids is 2. The van der Waals surface area contributed by atoms with Crippen LogP contribution in [0.25, 0.3) is 21.8 Å². The minimum atomic E-state index is -0.140. The van der Waals surface area contributed by atoms with Gasteiger partial charge in [-0.05, 0) is 61.9 Å².